The van der Waals surface area contributed by atoms with Crippen molar-refractivity contribution in [2.24, 2.45) is 0 Å². The largest absolute Gasteiger partial charge is 0.398 e. The molecule has 0 spiro atoms. The highest BCUT2D eigenvalue weighted by molar-refractivity contribution is 5.99. The van der Waals surface area contributed by atoms with E-state index in [0.29, 0.717) is 11.3 Å². The molecule has 0 atom stereocenters. The quantitative estimate of drug-likeness (QED) is 0.866. The minimum absolute atomic E-state index is 0.0360. The number of amides is 1. The molecule has 2 aromatic rings. The molecular formula is C18H21N3O. The summed E-state index contributed by atoms with van der Waals surface area (Å²) in [7, 11) is 0. The van der Waals surface area contributed by atoms with Gasteiger partial charge in [-0.1, -0.05) is 30.3 Å². The van der Waals surface area contributed by atoms with Crippen molar-refractivity contribution in [3.63, 3.8) is 0 Å². The molecule has 0 aliphatic carbocycles. The summed E-state index contributed by atoms with van der Waals surface area (Å²) in [4.78, 5) is 16.8. The smallest absolute Gasteiger partial charge is 0.256 e. The van der Waals surface area contributed by atoms with Crippen LogP contribution >= 0.6 is 0 Å². The maximum absolute atomic E-state index is 12.6. The zero-order chi connectivity index (χ0) is 15.5. The predicted octanol–water partition coefficient (Wildman–Crippen LogP) is 2.54. The highest BCUT2D eigenvalue weighted by atomic mass is 16.2. The van der Waals surface area contributed by atoms with Crippen LogP contribution in [0.2, 0.25) is 0 Å². The van der Waals surface area contributed by atoms with Crippen LogP contribution < -0.4 is 10.6 Å². The maximum Gasteiger partial charge on any atom is 0.256 e. The molecule has 0 radical (unpaired) electrons. The molecule has 0 bridgehead atoms. The molecule has 114 valence electrons. The first-order chi connectivity index (χ1) is 10.7. The Balaban J connectivity index is 1.69. The number of carbonyl (C=O) groups is 1. The van der Waals surface area contributed by atoms with E-state index in [4.69, 9.17) is 5.73 Å². The number of rotatable bonds is 2. The Kier molecular flexibility index (Phi) is 4.00. The van der Waals surface area contributed by atoms with E-state index in [-0.39, 0.29) is 5.91 Å². The van der Waals surface area contributed by atoms with Crippen molar-refractivity contribution >= 4 is 17.3 Å². The number of nitrogen functional groups attached to an aromatic ring is 1. The van der Waals surface area contributed by atoms with Gasteiger partial charge in [-0.25, -0.2) is 0 Å². The molecule has 2 aromatic carbocycles. The molecule has 2 N–H and O–H groups in total. The van der Waals surface area contributed by atoms with Gasteiger partial charge in [0.25, 0.3) is 5.91 Å². The Morgan fingerprint density at radius 2 is 1.64 bits per heavy atom. The molecule has 1 saturated heterocycles. The average molecular weight is 295 g/mol. The van der Waals surface area contributed by atoms with Gasteiger partial charge in [0.1, 0.15) is 0 Å². The second-order valence-corrected chi connectivity index (χ2v) is 5.65. The Hall–Kier alpha value is -2.49. The van der Waals surface area contributed by atoms with E-state index in [1.807, 2.05) is 48.2 Å². The lowest BCUT2D eigenvalue weighted by Crippen LogP contribution is -2.48. The van der Waals surface area contributed by atoms with Crippen LogP contribution in [-0.2, 0) is 0 Å². The standard InChI is InChI=1S/C18H21N3O/c1-14-6-5-9-16(17(14)19)18(22)21-12-10-20(11-13-21)15-7-3-2-4-8-15/h2-9H,10-13,19H2,1H3. The summed E-state index contributed by atoms with van der Waals surface area (Å²) in [6.45, 7) is 5.07. The number of nitrogens with two attached hydrogens (primary N) is 1. The van der Waals surface area contributed by atoms with E-state index in [9.17, 15) is 4.79 Å². The summed E-state index contributed by atoms with van der Waals surface area (Å²) in [5.41, 5.74) is 9.43. The van der Waals surface area contributed by atoms with Gasteiger partial charge < -0.3 is 15.5 Å². The van der Waals surface area contributed by atoms with Crippen molar-refractivity contribution in [1.29, 1.82) is 0 Å². The zero-order valence-electron chi connectivity index (χ0n) is 12.8. The number of anilines is 2. The predicted molar refractivity (Wildman–Crippen MR) is 90.1 cm³/mol. The molecule has 1 heterocycles. The minimum Gasteiger partial charge on any atom is -0.398 e. The topological polar surface area (TPSA) is 49.6 Å². The van der Waals surface area contributed by atoms with Crippen LogP contribution in [0.3, 0.4) is 0 Å². The number of aryl methyl sites for hydroxylation is 1. The maximum atomic E-state index is 12.6. The van der Waals surface area contributed by atoms with Crippen LogP contribution in [0.15, 0.2) is 48.5 Å². The first-order valence-corrected chi connectivity index (χ1v) is 7.61. The summed E-state index contributed by atoms with van der Waals surface area (Å²) < 4.78 is 0. The molecule has 0 unspecified atom stereocenters. The third kappa shape index (κ3) is 2.77. The lowest BCUT2D eigenvalue weighted by atomic mass is 10.1. The normalized spacial score (nSPS) is 15.0. The van der Waals surface area contributed by atoms with E-state index in [0.717, 1.165) is 31.7 Å². The summed E-state index contributed by atoms with van der Waals surface area (Å²) in [6.07, 6.45) is 0. The van der Waals surface area contributed by atoms with Crippen LogP contribution in [-0.4, -0.2) is 37.0 Å². The van der Waals surface area contributed by atoms with Gasteiger partial charge in [0.15, 0.2) is 0 Å². The number of hydrogen-bond acceptors (Lipinski definition) is 3. The Morgan fingerprint density at radius 3 is 2.32 bits per heavy atom. The van der Waals surface area contributed by atoms with Crippen molar-refractivity contribution in [3.05, 3.63) is 59.7 Å². The monoisotopic (exact) mass is 295 g/mol. The second-order valence-electron chi connectivity index (χ2n) is 5.65. The number of para-hydroxylation sites is 2. The molecule has 0 saturated carbocycles. The molecule has 1 aliphatic heterocycles. The van der Waals surface area contributed by atoms with Crippen LogP contribution in [0.1, 0.15) is 15.9 Å². The lowest BCUT2D eigenvalue weighted by Gasteiger charge is -2.36. The highest BCUT2D eigenvalue weighted by Crippen LogP contribution is 2.21. The minimum atomic E-state index is 0.0360. The first-order valence-electron chi connectivity index (χ1n) is 7.61. The molecule has 1 aliphatic rings. The summed E-state index contributed by atoms with van der Waals surface area (Å²) >= 11 is 0. The van der Waals surface area contributed by atoms with Gasteiger partial charge in [0.2, 0.25) is 0 Å². The van der Waals surface area contributed by atoms with Crippen molar-refractivity contribution in [2.75, 3.05) is 36.8 Å². The molecular weight excluding hydrogens is 274 g/mol. The lowest BCUT2D eigenvalue weighted by molar-refractivity contribution is 0.0748. The average Bonchev–Trinajstić information content (AvgIpc) is 2.58. The summed E-state index contributed by atoms with van der Waals surface area (Å²) in [5.74, 6) is 0.0360. The Morgan fingerprint density at radius 1 is 0.955 bits per heavy atom. The fourth-order valence-electron chi connectivity index (χ4n) is 2.84. The fourth-order valence-corrected chi connectivity index (χ4v) is 2.84. The van der Waals surface area contributed by atoms with Crippen molar-refractivity contribution in [3.8, 4) is 0 Å². The summed E-state index contributed by atoms with van der Waals surface area (Å²) in [6, 6.07) is 15.9. The van der Waals surface area contributed by atoms with Gasteiger partial charge >= 0.3 is 0 Å². The molecule has 22 heavy (non-hydrogen) atoms. The van der Waals surface area contributed by atoms with E-state index in [1.54, 1.807) is 0 Å². The molecule has 1 fully saturated rings. The van der Waals surface area contributed by atoms with Gasteiger partial charge in [-0.3, -0.25) is 4.79 Å². The third-order valence-electron chi connectivity index (χ3n) is 4.24. The third-order valence-corrected chi connectivity index (χ3v) is 4.24. The van der Waals surface area contributed by atoms with E-state index in [2.05, 4.69) is 17.0 Å². The van der Waals surface area contributed by atoms with Gasteiger partial charge in [-0.15, -0.1) is 0 Å². The van der Waals surface area contributed by atoms with Crippen LogP contribution in [0.4, 0.5) is 11.4 Å². The zero-order valence-corrected chi connectivity index (χ0v) is 12.8. The van der Waals surface area contributed by atoms with Crippen molar-refractivity contribution < 1.29 is 4.79 Å². The highest BCUT2D eigenvalue weighted by Gasteiger charge is 2.23. The Bertz CT molecular complexity index is 661. The van der Waals surface area contributed by atoms with E-state index >= 15 is 0 Å². The molecule has 4 heteroatoms. The van der Waals surface area contributed by atoms with Crippen LogP contribution in [0.5, 0.6) is 0 Å². The number of benzene rings is 2. The van der Waals surface area contributed by atoms with Gasteiger partial charge in [-0.2, -0.15) is 0 Å². The molecule has 4 nitrogen and oxygen atoms in total. The van der Waals surface area contributed by atoms with Gasteiger partial charge in [0, 0.05) is 37.6 Å². The van der Waals surface area contributed by atoms with Crippen LogP contribution in [0.25, 0.3) is 0 Å². The number of hydrogen-bond donors (Lipinski definition) is 1. The first kappa shape index (κ1) is 14.4. The van der Waals surface area contributed by atoms with E-state index < -0.39 is 0 Å². The molecule has 1 amide bonds. The molecule has 3 rings (SSSR count). The van der Waals surface area contributed by atoms with Gasteiger partial charge in [-0.05, 0) is 30.7 Å². The van der Waals surface area contributed by atoms with Crippen LogP contribution in [0, 0.1) is 6.92 Å². The van der Waals surface area contributed by atoms with Gasteiger partial charge in [0.05, 0.1) is 5.56 Å². The Labute approximate surface area is 131 Å². The molecule has 0 aromatic heterocycles. The van der Waals surface area contributed by atoms with Crippen molar-refractivity contribution in [1.82, 2.24) is 4.90 Å². The van der Waals surface area contributed by atoms with Crippen molar-refractivity contribution in [2.45, 2.75) is 6.92 Å². The fraction of sp³-hybridized carbons (Fsp3) is 0.278. The summed E-state index contributed by atoms with van der Waals surface area (Å²) in [5, 5.41) is 0. The number of piperazine rings is 1. The second kappa shape index (κ2) is 6.10. The number of carbonyl (C=O) groups excluding carboxylic acids is 1. The van der Waals surface area contributed by atoms with E-state index in [1.165, 1.54) is 5.69 Å². The number of nitrogens with zero attached hydrogens (tertiary/aromatic N) is 2. The SMILES string of the molecule is Cc1cccc(C(=O)N2CCN(c3ccccc3)CC2)c1N.